The van der Waals surface area contributed by atoms with Gasteiger partial charge in [-0.05, 0) is 43.2 Å². The van der Waals surface area contributed by atoms with Crippen LogP contribution in [0.15, 0.2) is 18.2 Å². The summed E-state index contributed by atoms with van der Waals surface area (Å²) in [5.41, 5.74) is 7.23. The molecular weight excluding hydrogens is 266 g/mol. The van der Waals surface area contributed by atoms with E-state index in [0.717, 1.165) is 62.6 Å². The molecule has 0 saturated carbocycles. The second-order valence-electron chi connectivity index (χ2n) is 5.69. The Morgan fingerprint density at radius 2 is 2.10 bits per heavy atom. The van der Waals surface area contributed by atoms with Crippen molar-refractivity contribution in [3.63, 3.8) is 0 Å². The highest BCUT2D eigenvalue weighted by Crippen LogP contribution is 2.33. The van der Waals surface area contributed by atoms with Gasteiger partial charge >= 0.3 is 0 Å². The summed E-state index contributed by atoms with van der Waals surface area (Å²) < 4.78 is 16.9. The molecule has 0 amide bonds. The number of hydrogen-bond acceptors (Lipinski definition) is 4. The van der Waals surface area contributed by atoms with E-state index in [1.54, 1.807) is 7.11 Å². The van der Waals surface area contributed by atoms with E-state index in [1.807, 2.05) is 12.1 Å². The summed E-state index contributed by atoms with van der Waals surface area (Å²) >= 11 is 0. The lowest BCUT2D eigenvalue weighted by molar-refractivity contribution is 0.0492. The second kappa shape index (κ2) is 8.25. The SMILES string of the molecule is CCC(N)Cc1cccc(OC)c1OCC1CCOCC1. The minimum Gasteiger partial charge on any atom is -0.493 e. The first-order valence-corrected chi connectivity index (χ1v) is 7.86. The van der Waals surface area contributed by atoms with Gasteiger partial charge in [-0.1, -0.05) is 19.1 Å². The summed E-state index contributed by atoms with van der Waals surface area (Å²) in [5, 5.41) is 0. The molecule has 1 aromatic rings. The number of nitrogens with two attached hydrogens (primary N) is 1. The molecule has 1 aromatic carbocycles. The van der Waals surface area contributed by atoms with Gasteiger partial charge in [-0.2, -0.15) is 0 Å². The molecule has 1 saturated heterocycles. The second-order valence-corrected chi connectivity index (χ2v) is 5.69. The van der Waals surface area contributed by atoms with Gasteiger partial charge in [-0.25, -0.2) is 0 Å². The summed E-state index contributed by atoms with van der Waals surface area (Å²) in [6.07, 6.45) is 3.91. The number of para-hydroxylation sites is 1. The summed E-state index contributed by atoms with van der Waals surface area (Å²) in [6.45, 7) is 4.51. The van der Waals surface area contributed by atoms with Gasteiger partial charge in [0.2, 0.25) is 0 Å². The molecule has 0 spiro atoms. The highest BCUT2D eigenvalue weighted by Gasteiger charge is 2.18. The minimum atomic E-state index is 0.155. The Balaban J connectivity index is 2.06. The average Bonchev–Trinajstić information content (AvgIpc) is 2.54. The van der Waals surface area contributed by atoms with Gasteiger partial charge in [0.05, 0.1) is 13.7 Å². The highest BCUT2D eigenvalue weighted by atomic mass is 16.5. The summed E-state index contributed by atoms with van der Waals surface area (Å²) in [4.78, 5) is 0. The van der Waals surface area contributed by atoms with Crippen molar-refractivity contribution in [1.29, 1.82) is 0 Å². The maximum atomic E-state index is 6.11. The van der Waals surface area contributed by atoms with Gasteiger partial charge < -0.3 is 19.9 Å². The molecule has 1 heterocycles. The van der Waals surface area contributed by atoms with Gasteiger partial charge in [0, 0.05) is 19.3 Å². The zero-order valence-corrected chi connectivity index (χ0v) is 13.1. The number of methoxy groups -OCH3 is 1. The van der Waals surface area contributed by atoms with E-state index in [4.69, 9.17) is 19.9 Å². The van der Waals surface area contributed by atoms with Crippen LogP contribution in [0.25, 0.3) is 0 Å². The smallest absolute Gasteiger partial charge is 0.164 e. The molecule has 4 nitrogen and oxygen atoms in total. The first-order valence-electron chi connectivity index (χ1n) is 7.86. The Morgan fingerprint density at radius 1 is 1.33 bits per heavy atom. The Hall–Kier alpha value is -1.26. The number of rotatable bonds is 7. The van der Waals surface area contributed by atoms with Crippen molar-refractivity contribution in [2.24, 2.45) is 11.7 Å². The maximum Gasteiger partial charge on any atom is 0.164 e. The van der Waals surface area contributed by atoms with Crippen LogP contribution in [-0.4, -0.2) is 33.0 Å². The van der Waals surface area contributed by atoms with Crippen molar-refractivity contribution in [3.05, 3.63) is 23.8 Å². The van der Waals surface area contributed by atoms with E-state index in [9.17, 15) is 0 Å². The van der Waals surface area contributed by atoms with Crippen molar-refractivity contribution < 1.29 is 14.2 Å². The summed E-state index contributed by atoms with van der Waals surface area (Å²) in [7, 11) is 1.68. The van der Waals surface area contributed by atoms with Crippen LogP contribution < -0.4 is 15.2 Å². The van der Waals surface area contributed by atoms with Crippen molar-refractivity contribution in [3.8, 4) is 11.5 Å². The molecule has 0 bridgehead atoms. The third-order valence-corrected chi connectivity index (χ3v) is 4.09. The Morgan fingerprint density at radius 3 is 2.76 bits per heavy atom. The number of benzene rings is 1. The summed E-state index contributed by atoms with van der Waals surface area (Å²) in [5.74, 6) is 2.22. The maximum absolute atomic E-state index is 6.11. The number of ether oxygens (including phenoxy) is 3. The van der Waals surface area contributed by atoms with Crippen LogP contribution in [0.4, 0.5) is 0 Å². The largest absolute Gasteiger partial charge is 0.493 e. The van der Waals surface area contributed by atoms with Gasteiger partial charge in [0.15, 0.2) is 11.5 Å². The predicted octanol–water partition coefficient (Wildman–Crippen LogP) is 2.78. The van der Waals surface area contributed by atoms with Crippen LogP contribution in [0.5, 0.6) is 11.5 Å². The molecule has 1 fully saturated rings. The third-order valence-electron chi connectivity index (χ3n) is 4.09. The Bertz CT molecular complexity index is 430. The van der Waals surface area contributed by atoms with Gasteiger partial charge in [-0.15, -0.1) is 0 Å². The first kappa shape index (κ1) is 16.1. The van der Waals surface area contributed by atoms with E-state index in [0.29, 0.717) is 5.92 Å². The Labute approximate surface area is 127 Å². The topological polar surface area (TPSA) is 53.7 Å². The molecule has 0 radical (unpaired) electrons. The van der Waals surface area contributed by atoms with Crippen molar-refractivity contribution in [2.75, 3.05) is 26.9 Å². The minimum absolute atomic E-state index is 0.155. The normalized spacial score (nSPS) is 17.5. The van der Waals surface area contributed by atoms with Crippen LogP contribution in [0.1, 0.15) is 31.7 Å². The van der Waals surface area contributed by atoms with Crippen LogP contribution in [0.3, 0.4) is 0 Å². The van der Waals surface area contributed by atoms with E-state index in [-0.39, 0.29) is 6.04 Å². The number of hydrogen-bond donors (Lipinski definition) is 1. The molecule has 21 heavy (non-hydrogen) atoms. The third kappa shape index (κ3) is 4.61. The van der Waals surface area contributed by atoms with E-state index >= 15 is 0 Å². The summed E-state index contributed by atoms with van der Waals surface area (Å²) in [6, 6.07) is 6.18. The van der Waals surface area contributed by atoms with Crippen molar-refractivity contribution >= 4 is 0 Å². The van der Waals surface area contributed by atoms with Crippen LogP contribution >= 0.6 is 0 Å². The van der Waals surface area contributed by atoms with E-state index in [1.165, 1.54) is 0 Å². The predicted molar refractivity (Wildman–Crippen MR) is 84.0 cm³/mol. The van der Waals surface area contributed by atoms with Gasteiger partial charge in [0.1, 0.15) is 0 Å². The molecule has 2 rings (SSSR count). The van der Waals surface area contributed by atoms with E-state index in [2.05, 4.69) is 13.0 Å². The van der Waals surface area contributed by atoms with Crippen LogP contribution in [-0.2, 0) is 11.2 Å². The fourth-order valence-corrected chi connectivity index (χ4v) is 2.59. The average molecular weight is 293 g/mol. The lowest BCUT2D eigenvalue weighted by atomic mass is 10.0. The zero-order chi connectivity index (χ0) is 15.1. The molecule has 0 aliphatic carbocycles. The van der Waals surface area contributed by atoms with E-state index < -0.39 is 0 Å². The monoisotopic (exact) mass is 293 g/mol. The lowest BCUT2D eigenvalue weighted by Crippen LogP contribution is -2.23. The standard InChI is InChI=1S/C17H27NO3/c1-3-15(18)11-14-5-4-6-16(19-2)17(14)21-12-13-7-9-20-10-8-13/h4-6,13,15H,3,7-12,18H2,1-2H3. The molecule has 1 atom stereocenters. The molecule has 1 aliphatic heterocycles. The fourth-order valence-electron chi connectivity index (χ4n) is 2.59. The molecule has 1 aliphatic rings. The lowest BCUT2D eigenvalue weighted by Gasteiger charge is -2.24. The Kier molecular flexibility index (Phi) is 6.33. The quantitative estimate of drug-likeness (QED) is 0.840. The van der Waals surface area contributed by atoms with Gasteiger partial charge in [0.25, 0.3) is 0 Å². The van der Waals surface area contributed by atoms with Crippen molar-refractivity contribution in [1.82, 2.24) is 0 Å². The zero-order valence-electron chi connectivity index (χ0n) is 13.1. The highest BCUT2D eigenvalue weighted by molar-refractivity contribution is 5.47. The van der Waals surface area contributed by atoms with Crippen LogP contribution in [0.2, 0.25) is 0 Å². The fraction of sp³-hybridized carbons (Fsp3) is 0.647. The first-order chi connectivity index (χ1) is 10.2. The molecular formula is C17H27NO3. The molecule has 0 aromatic heterocycles. The molecule has 118 valence electrons. The molecule has 1 unspecified atom stereocenters. The molecule has 4 heteroatoms. The van der Waals surface area contributed by atoms with Crippen molar-refractivity contribution in [2.45, 2.75) is 38.6 Å². The molecule has 2 N–H and O–H groups in total. The van der Waals surface area contributed by atoms with Gasteiger partial charge in [-0.3, -0.25) is 0 Å². The van der Waals surface area contributed by atoms with Crippen LogP contribution in [0, 0.1) is 5.92 Å².